The van der Waals surface area contributed by atoms with Crippen molar-refractivity contribution < 1.29 is 4.79 Å². The highest BCUT2D eigenvalue weighted by molar-refractivity contribution is 7.81. The van der Waals surface area contributed by atoms with Crippen LogP contribution in [0.5, 0.6) is 0 Å². The maximum absolute atomic E-state index is 11.5. The zero-order chi connectivity index (χ0) is 11.3. The average molecular weight is 224 g/mol. The lowest BCUT2D eigenvalue weighted by molar-refractivity contribution is -0.124. The maximum atomic E-state index is 11.5. The topological polar surface area (TPSA) is 32.3 Å². The van der Waals surface area contributed by atoms with Gasteiger partial charge in [0.15, 0.2) is 0 Å². The van der Waals surface area contributed by atoms with E-state index in [1.807, 2.05) is 30.3 Å². The number of rotatable bonds is 4. The van der Waals surface area contributed by atoms with Gasteiger partial charge in [0, 0.05) is 14.1 Å². The van der Waals surface area contributed by atoms with Crippen LogP contribution >= 0.6 is 12.6 Å². The zero-order valence-corrected chi connectivity index (χ0v) is 9.87. The minimum atomic E-state index is -0.310. The van der Waals surface area contributed by atoms with E-state index in [9.17, 15) is 4.79 Å². The van der Waals surface area contributed by atoms with Crippen LogP contribution in [0.15, 0.2) is 30.3 Å². The summed E-state index contributed by atoms with van der Waals surface area (Å²) in [4.78, 5) is 11.5. The van der Waals surface area contributed by atoms with E-state index in [-0.39, 0.29) is 11.2 Å². The van der Waals surface area contributed by atoms with Crippen molar-refractivity contribution in [2.24, 2.45) is 0 Å². The second-order valence-electron chi connectivity index (χ2n) is 3.58. The van der Waals surface area contributed by atoms with Crippen molar-refractivity contribution in [3.63, 3.8) is 0 Å². The fraction of sp³-hybridized carbons (Fsp3) is 0.364. The molecule has 0 saturated heterocycles. The molecule has 0 fully saturated rings. The summed E-state index contributed by atoms with van der Waals surface area (Å²) in [5.74, 6) is -0.0767. The highest BCUT2D eigenvalue weighted by Gasteiger charge is 2.14. The molecule has 0 heterocycles. The van der Waals surface area contributed by atoms with Crippen LogP contribution in [-0.2, 0) is 11.2 Å². The van der Waals surface area contributed by atoms with Crippen LogP contribution in [-0.4, -0.2) is 30.3 Å². The van der Waals surface area contributed by atoms with Gasteiger partial charge < -0.3 is 0 Å². The molecule has 0 bridgehead atoms. The quantitative estimate of drug-likeness (QED) is 0.593. The molecule has 1 N–H and O–H groups in total. The summed E-state index contributed by atoms with van der Waals surface area (Å²) >= 11 is 4.27. The third-order valence-corrected chi connectivity index (χ3v) is 2.33. The fourth-order valence-electron chi connectivity index (χ4n) is 1.22. The van der Waals surface area contributed by atoms with Gasteiger partial charge in [-0.2, -0.15) is 12.6 Å². The van der Waals surface area contributed by atoms with Crippen molar-refractivity contribution in [3.05, 3.63) is 35.9 Å². The van der Waals surface area contributed by atoms with E-state index in [2.05, 4.69) is 18.1 Å². The van der Waals surface area contributed by atoms with E-state index in [4.69, 9.17) is 0 Å². The molecule has 3 nitrogen and oxygen atoms in total. The Hall–Kier alpha value is -1.00. The first kappa shape index (κ1) is 12.1. The molecule has 1 atom stereocenters. The fourth-order valence-corrected chi connectivity index (χ4v) is 1.49. The number of nitrogens with one attached hydrogen (secondary N) is 1. The van der Waals surface area contributed by atoms with Crippen molar-refractivity contribution in [2.45, 2.75) is 11.7 Å². The summed E-state index contributed by atoms with van der Waals surface area (Å²) in [6.45, 7) is 0. The van der Waals surface area contributed by atoms with Gasteiger partial charge in [0.2, 0.25) is 5.91 Å². The van der Waals surface area contributed by atoms with Crippen molar-refractivity contribution >= 4 is 18.5 Å². The molecule has 82 valence electrons. The van der Waals surface area contributed by atoms with Gasteiger partial charge in [-0.05, 0) is 12.0 Å². The molecule has 0 aliphatic rings. The molecule has 1 amide bonds. The SMILES string of the molecule is CN(C)NC(=O)C(S)Cc1ccccc1. The summed E-state index contributed by atoms with van der Waals surface area (Å²) in [5, 5.41) is 1.31. The second kappa shape index (κ2) is 5.78. The number of hydrazine groups is 1. The summed E-state index contributed by atoms with van der Waals surface area (Å²) < 4.78 is 0. The summed E-state index contributed by atoms with van der Waals surface area (Å²) in [7, 11) is 3.56. The molecule has 0 aliphatic carbocycles. The molecule has 0 saturated carbocycles. The van der Waals surface area contributed by atoms with Gasteiger partial charge in [-0.3, -0.25) is 10.2 Å². The lowest BCUT2D eigenvalue weighted by Gasteiger charge is -2.15. The normalized spacial score (nSPS) is 12.5. The number of hydrogen-bond acceptors (Lipinski definition) is 3. The highest BCUT2D eigenvalue weighted by Crippen LogP contribution is 2.07. The Kier molecular flexibility index (Phi) is 4.65. The predicted molar refractivity (Wildman–Crippen MR) is 64.7 cm³/mol. The highest BCUT2D eigenvalue weighted by atomic mass is 32.1. The average Bonchev–Trinajstić information content (AvgIpc) is 2.18. The van der Waals surface area contributed by atoms with Crippen LogP contribution in [0.25, 0.3) is 0 Å². The summed E-state index contributed by atoms with van der Waals surface area (Å²) in [6.07, 6.45) is 0.642. The molecule has 0 aromatic heterocycles. The van der Waals surface area contributed by atoms with Gasteiger partial charge in [-0.15, -0.1) is 0 Å². The minimum Gasteiger partial charge on any atom is -0.288 e. The van der Waals surface area contributed by atoms with Gasteiger partial charge in [0.25, 0.3) is 0 Å². The number of carbonyl (C=O) groups excluding carboxylic acids is 1. The van der Waals surface area contributed by atoms with Crippen LogP contribution in [0.3, 0.4) is 0 Å². The third-order valence-electron chi connectivity index (χ3n) is 1.91. The maximum Gasteiger partial charge on any atom is 0.247 e. The molecule has 15 heavy (non-hydrogen) atoms. The Morgan fingerprint density at radius 1 is 1.40 bits per heavy atom. The Bertz CT molecular complexity index is 314. The number of benzene rings is 1. The smallest absolute Gasteiger partial charge is 0.247 e. The van der Waals surface area contributed by atoms with Crippen molar-refractivity contribution in [2.75, 3.05) is 14.1 Å². The molecule has 0 spiro atoms. The van der Waals surface area contributed by atoms with Crippen LogP contribution in [0.1, 0.15) is 5.56 Å². The van der Waals surface area contributed by atoms with Gasteiger partial charge >= 0.3 is 0 Å². The van der Waals surface area contributed by atoms with Gasteiger partial charge in [-0.25, -0.2) is 5.01 Å². The van der Waals surface area contributed by atoms with Crippen molar-refractivity contribution in [1.82, 2.24) is 10.4 Å². The first-order valence-corrected chi connectivity index (χ1v) is 5.31. The van der Waals surface area contributed by atoms with Crippen molar-refractivity contribution in [1.29, 1.82) is 0 Å². The zero-order valence-electron chi connectivity index (χ0n) is 8.97. The Balaban J connectivity index is 2.49. The molecule has 1 aromatic carbocycles. The van der Waals surface area contributed by atoms with Gasteiger partial charge in [0.05, 0.1) is 5.25 Å². The number of nitrogens with zero attached hydrogens (tertiary/aromatic N) is 1. The molecule has 4 heteroatoms. The van der Waals surface area contributed by atoms with Gasteiger partial charge in [-0.1, -0.05) is 30.3 Å². The van der Waals surface area contributed by atoms with Gasteiger partial charge in [0.1, 0.15) is 0 Å². The predicted octanol–water partition coefficient (Wildman–Crippen LogP) is 1.12. The lowest BCUT2D eigenvalue weighted by Crippen LogP contribution is -2.41. The van der Waals surface area contributed by atoms with E-state index in [0.717, 1.165) is 5.56 Å². The molecule has 1 unspecified atom stereocenters. The standard InChI is InChI=1S/C11H16N2OS/c1-13(2)12-11(14)10(15)8-9-6-4-3-5-7-9/h3-7,10,15H,8H2,1-2H3,(H,12,14). The number of hydrogen-bond donors (Lipinski definition) is 2. The largest absolute Gasteiger partial charge is 0.288 e. The molecule has 0 aliphatic heterocycles. The molecular weight excluding hydrogens is 208 g/mol. The number of thiol groups is 1. The van der Waals surface area contributed by atoms with Crippen LogP contribution in [0, 0.1) is 0 Å². The summed E-state index contributed by atoms with van der Waals surface area (Å²) in [5.41, 5.74) is 3.80. The summed E-state index contributed by atoms with van der Waals surface area (Å²) in [6, 6.07) is 9.86. The Morgan fingerprint density at radius 3 is 2.53 bits per heavy atom. The minimum absolute atomic E-state index is 0.0767. The van der Waals surface area contributed by atoms with Crippen LogP contribution in [0.4, 0.5) is 0 Å². The Morgan fingerprint density at radius 2 is 2.00 bits per heavy atom. The monoisotopic (exact) mass is 224 g/mol. The van der Waals surface area contributed by atoms with E-state index in [0.29, 0.717) is 6.42 Å². The number of carbonyl (C=O) groups is 1. The number of amides is 1. The first-order valence-electron chi connectivity index (χ1n) is 4.79. The van der Waals surface area contributed by atoms with E-state index in [1.54, 1.807) is 19.1 Å². The third kappa shape index (κ3) is 4.36. The Labute approximate surface area is 95.9 Å². The molecule has 1 rings (SSSR count). The first-order chi connectivity index (χ1) is 7.09. The second-order valence-corrected chi connectivity index (χ2v) is 4.20. The lowest BCUT2D eigenvalue weighted by atomic mass is 10.1. The van der Waals surface area contributed by atoms with Crippen molar-refractivity contribution in [3.8, 4) is 0 Å². The van der Waals surface area contributed by atoms with E-state index in [1.165, 1.54) is 0 Å². The molecule has 0 radical (unpaired) electrons. The van der Waals surface area contributed by atoms with Crippen LogP contribution in [0.2, 0.25) is 0 Å². The van der Waals surface area contributed by atoms with E-state index >= 15 is 0 Å². The molecular formula is C11H16N2OS. The molecule has 1 aromatic rings. The van der Waals surface area contributed by atoms with E-state index < -0.39 is 0 Å². The van der Waals surface area contributed by atoms with Crippen LogP contribution < -0.4 is 5.43 Å².